The zero-order valence-corrected chi connectivity index (χ0v) is 16.6. The number of likely N-dealkylation sites (tertiary alicyclic amines) is 1. The average Bonchev–Trinajstić information content (AvgIpc) is 2.80. The molecule has 2 N–H and O–H groups in total. The zero-order valence-electron chi connectivity index (χ0n) is 16.6. The maximum absolute atomic E-state index is 12.8. The Hall–Kier alpha value is -3.60. The van der Waals surface area contributed by atoms with Gasteiger partial charge in [0.05, 0.1) is 0 Å². The fourth-order valence-corrected chi connectivity index (χ4v) is 3.76. The first-order chi connectivity index (χ1) is 14.6. The standard InChI is InChI=1S/C25H24N2O3/c28-23-8-4-7-21(17-23)24(29)26-22-13-15-27(16-14-22)25(30)20-11-9-19(10-12-20)18-5-2-1-3-6-18/h1-12,17,22,28H,13-16H2,(H,26,29). The lowest BCUT2D eigenvalue weighted by atomic mass is 10.0. The van der Waals surface area contributed by atoms with E-state index in [2.05, 4.69) is 5.32 Å². The minimum absolute atomic E-state index is 0.0179. The second kappa shape index (κ2) is 8.82. The number of carbonyl (C=O) groups excluding carboxylic acids is 2. The van der Waals surface area contributed by atoms with Gasteiger partial charge in [-0.25, -0.2) is 0 Å². The molecule has 0 bridgehead atoms. The molecule has 0 atom stereocenters. The van der Waals surface area contributed by atoms with Crippen LogP contribution in [0.25, 0.3) is 11.1 Å². The van der Waals surface area contributed by atoms with Crippen molar-refractivity contribution in [3.63, 3.8) is 0 Å². The molecule has 0 aliphatic carbocycles. The first-order valence-corrected chi connectivity index (χ1v) is 10.1. The van der Waals surface area contributed by atoms with Gasteiger partial charge in [-0.3, -0.25) is 9.59 Å². The van der Waals surface area contributed by atoms with Crippen molar-refractivity contribution in [2.45, 2.75) is 18.9 Å². The van der Waals surface area contributed by atoms with Crippen LogP contribution in [-0.4, -0.2) is 41.0 Å². The summed E-state index contributed by atoms with van der Waals surface area (Å²) in [4.78, 5) is 27.0. The molecule has 4 rings (SSSR count). The van der Waals surface area contributed by atoms with Gasteiger partial charge in [0.15, 0.2) is 0 Å². The molecule has 0 saturated carbocycles. The first-order valence-electron chi connectivity index (χ1n) is 10.1. The SMILES string of the molecule is O=C(NC1CCN(C(=O)c2ccc(-c3ccccc3)cc2)CC1)c1cccc(O)c1. The third kappa shape index (κ3) is 4.51. The normalized spacial score (nSPS) is 14.3. The number of phenols is 1. The van der Waals surface area contributed by atoms with Crippen molar-refractivity contribution in [1.82, 2.24) is 10.2 Å². The number of carbonyl (C=O) groups is 2. The van der Waals surface area contributed by atoms with Crippen molar-refractivity contribution < 1.29 is 14.7 Å². The van der Waals surface area contributed by atoms with Gasteiger partial charge in [0.2, 0.25) is 0 Å². The number of hydrogen-bond acceptors (Lipinski definition) is 3. The van der Waals surface area contributed by atoms with Gasteiger partial charge in [-0.15, -0.1) is 0 Å². The number of amides is 2. The van der Waals surface area contributed by atoms with E-state index in [1.807, 2.05) is 59.5 Å². The van der Waals surface area contributed by atoms with E-state index in [-0.39, 0.29) is 23.6 Å². The van der Waals surface area contributed by atoms with Crippen LogP contribution >= 0.6 is 0 Å². The van der Waals surface area contributed by atoms with E-state index >= 15 is 0 Å². The number of aromatic hydroxyl groups is 1. The fourth-order valence-electron chi connectivity index (χ4n) is 3.76. The van der Waals surface area contributed by atoms with E-state index in [4.69, 9.17) is 0 Å². The van der Waals surface area contributed by atoms with E-state index in [1.54, 1.807) is 12.1 Å². The Labute approximate surface area is 176 Å². The number of nitrogens with one attached hydrogen (secondary N) is 1. The summed E-state index contributed by atoms with van der Waals surface area (Å²) in [6, 6.07) is 24.1. The molecule has 1 heterocycles. The summed E-state index contributed by atoms with van der Waals surface area (Å²) in [7, 11) is 0. The molecule has 0 unspecified atom stereocenters. The molecule has 3 aromatic rings. The Kier molecular flexibility index (Phi) is 5.80. The monoisotopic (exact) mass is 400 g/mol. The highest BCUT2D eigenvalue weighted by molar-refractivity contribution is 5.95. The molecule has 0 aromatic heterocycles. The molecular weight excluding hydrogens is 376 g/mol. The molecular formula is C25H24N2O3. The van der Waals surface area contributed by atoms with Crippen LogP contribution in [-0.2, 0) is 0 Å². The highest BCUT2D eigenvalue weighted by Gasteiger charge is 2.25. The van der Waals surface area contributed by atoms with Crippen LogP contribution in [0, 0.1) is 0 Å². The van der Waals surface area contributed by atoms with E-state index in [9.17, 15) is 14.7 Å². The smallest absolute Gasteiger partial charge is 0.253 e. The summed E-state index contributed by atoms with van der Waals surface area (Å²) >= 11 is 0. The van der Waals surface area contributed by atoms with Crippen molar-refractivity contribution in [1.29, 1.82) is 0 Å². The average molecular weight is 400 g/mol. The third-order valence-corrected chi connectivity index (χ3v) is 5.46. The number of hydrogen-bond donors (Lipinski definition) is 2. The van der Waals surface area contributed by atoms with Gasteiger partial charge in [0.1, 0.15) is 5.75 Å². The Morgan fingerprint density at radius 3 is 2.13 bits per heavy atom. The maximum atomic E-state index is 12.8. The van der Waals surface area contributed by atoms with E-state index in [1.165, 1.54) is 12.1 Å². The second-order valence-electron chi connectivity index (χ2n) is 7.53. The fraction of sp³-hybridized carbons (Fsp3) is 0.200. The summed E-state index contributed by atoms with van der Waals surface area (Å²) in [5, 5.41) is 12.5. The van der Waals surface area contributed by atoms with E-state index in [0.29, 0.717) is 37.1 Å². The number of rotatable bonds is 4. The van der Waals surface area contributed by atoms with Gasteiger partial charge in [0.25, 0.3) is 11.8 Å². The minimum atomic E-state index is -0.202. The van der Waals surface area contributed by atoms with Crippen LogP contribution in [0.4, 0.5) is 0 Å². The molecule has 1 aliphatic rings. The Bertz CT molecular complexity index is 1020. The molecule has 5 nitrogen and oxygen atoms in total. The zero-order chi connectivity index (χ0) is 20.9. The lowest BCUT2D eigenvalue weighted by Gasteiger charge is -2.32. The topological polar surface area (TPSA) is 69.6 Å². The maximum Gasteiger partial charge on any atom is 0.253 e. The van der Waals surface area contributed by atoms with Crippen molar-refractivity contribution in [2.24, 2.45) is 0 Å². The van der Waals surface area contributed by atoms with Crippen molar-refractivity contribution in [3.05, 3.63) is 90.0 Å². The van der Waals surface area contributed by atoms with Crippen molar-refractivity contribution in [3.8, 4) is 16.9 Å². The molecule has 2 amide bonds. The summed E-state index contributed by atoms with van der Waals surface area (Å²) in [5.74, 6) is -0.110. The van der Waals surface area contributed by atoms with Crippen LogP contribution in [0.1, 0.15) is 33.6 Å². The molecule has 0 spiro atoms. The second-order valence-corrected chi connectivity index (χ2v) is 7.53. The molecule has 30 heavy (non-hydrogen) atoms. The van der Waals surface area contributed by atoms with Crippen molar-refractivity contribution >= 4 is 11.8 Å². The molecule has 152 valence electrons. The largest absolute Gasteiger partial charge is 0.508 e. The highest BCUT2D eigenvalue weighted by atomic mass is 16.3. The molecule has 3 aromatic carbocycles. The van der Waals surface area contributed by atoms with Crippen LogP contribution in [0.15, 0.2) is 78.9 Å². The predicted octanol–water partition coefficient (Wildman–Crippen LogP) is 4.09. The Morgan fingerprint density at radius 2 is 1.47 bits per heavy atom. The molecule has 1 fully saturated rings. The van der Waals surface area contributed by atoms with Gasteiger partial charge >= 0.3 is 0 Å². The predicted molar refractivity (Wildman–Crippen MR) is 116 cm³/mol. The van der Waals surface area contributed by atoms with Crippen LogP contribution in [0.2, 0.25) is 0 Å². The number of phenolic OH excluding ortho intramolecular Hbond substituents is 1. The Balaban J connectivity index is 1.32. The van der Waals surface area contributed by atoms with Crippen LogP contribution < -0.4 is 5.32 Å². The van der Waals surface area contributed by atoms with Gasteiger partial charge < -0.3 is 15.3 Å². The summed E-state index contributed by atoms with van der Waals surface area (Å²) in [6.07, 6.45) is 1.41. The molecule has 1 saturated heterocycles. The third-order valence-electron chi connectivity index (χ3n) is 5.46. The number of piperidine rings is 1. The lowest BCUT2D eigenvalue weighted by molar-refractivity contribution is 0.0698. The van der Waals surface area contributed by atoms with E-state index < -0.39 is 0 Å². The van der Waals surface area contributed by atoms with Gasteiger partial charge in [0, 0.05) is 30.3 Å². The molecule has 1 aliphatic heterocycles. The number of nitrogens with zero attached hydrogens (tertiary/aromatic N) is 1. The van der Waals surface area contributed by atoms with Gasteiger partial charge in [-0.1, -0.05) is 48.5 Å². The van der Waals surface area contributed by atoms with Gasteiger partial charge in [-0.2, -0.15) is 0 Å². The van der Waals surface area contributed by atoms with Crippen LogP contribution in [0.5, 0.6) is 5.75 Å². The van der Waals surface area contributed by atoms with E-state index in [0.717, 1.165) is 11.1 Å². The van der Waals surface area contributed by atoms with Crippen molar-refractivity contribution in [2.75, 3.05) is 13.1 Å². The van der Waals surface area contributed by atoms with Gasteiger partial charge in [-0.05, 0) is 54.3 Å². The minimum Gasteiger partial charge on any atom is -0.508 e. The number of benzene rings is 3. The molecule has 5 heteroatoms. The lowest BCUT2D eigenvalue weighted by Crippen LogP contribution is -2.46. The highest BCUT2D eigenvalue weighted by Crippen LogP contribution is 2.21. The first kappa shape index (κ1) is 19.7. The molecule has 0 radical (unpaired) electrons. The quantitative estimate of drug-likeness (QED) is 0.693. The van der Waals surface area contributed by atoms with Crippen LogP contribution in [0.3, 0.4) is 0 Å². The summed E-state index contributed by atoms with van der Waals surface area (Å²) in [5.41, 5.74) is 3.32. The summed E-state index contributed by atoms with van der Waals surface area (Å²) < 4.78 is 0. The Morgan fingerprint density at radius 1 is 0.800 bits per heavy atom. The summed E-state index contributed by atoms with van der Waals surface area (Å²) in [6.45, 7) is 1.20.